The molecule has 2 amide bonds. The van der Waals surface area contributed by atoms with E-state index in [-0.39, 0.29) is 24.8 Å². The van der Waals surface area contributed by atoms with Crippen LogP contribution in [0.5, 0.6) is 0 Å². The van der Waals surface area contributed by atoms with Crippen LogP contribution in [0.2, 0.25) is 4.34 Å². The van der Waals surface area contributed by atoms with Gasteiger partial charge in [-0.25, -0.2) is 0 Å². The zero-order valence-electron chi connectivity index (χ0n) is 17.8. The van der Waals surface area contributed by atoms with Crippen LogP contribution < -0.4 is 10.6 Å². The number of ether oxygens (including phenoxy) is 2. The van der Waals surface area contributed by atoms with E-state index in [1.807, 2.05) is 12.1 Å². The Kier molecular flexibility index (Phi) is 8.86. The summed E-state index contributed by atoms with van der Waals surface area (Å²) in [7, 11) is 3.68. The lowest BCUT2D eigenvalue weighted by Gasteiger charge is -2.19. The second-order valence-electron chi connectivity index (χ2n) is 7.47. The Balaban J connectivity index is 1.61. The third-order valence-electron chi connectivity index (χ3n) is 5.08. The molecule has 1 unspecified atom stereocenters. The second kappa shape index (κ2) is 11.6. The zero-order valence-corrected chi connectivity index (χ0v) is 19.4. The Morgan fingerprint density at radius 3 is 2.65 bits per heavy atom. The van der Waals surface area contributed by atoms with Crippen LogP contribution in [-0.4, -0.2) is 63.4 Å². The molecule has 0 aliphatic carbocycles. The fourth-order valence-corrected chi connectivity index (χ4v) is 4.32. The van der Waals surface area contributed by atoms with E-state index in [1.165, 1.54) is 22.5 Å². The SMILES string of the molecule is COCCOC(CC(=O)Nc1ccc2c(c1)CCN(C)CC2)NC(=O)c1ccc(Cl)s1. The summed E-state index contributed by atoms with van der Waals surface area (Å²) in [5.74, 6) is -0.570. The number of nitrogens with one attached hydrogen (secondary N) is 2. The number of hydrogen-bond acceptors (Lipinski definition) is 6. The van der Waals surface area contributed by atoms with Gasteiger partial charge in [0.2, 0.25) is 5.91 Å². The summed E-state index contributed by atoms with van der Waals surface area (Å²) in [5.41, 5.74) is 3.34. The molecular formula is C22H28ClN3O4S. The summed E-state index contributed by atoms with van der Waals surface area (Å²) in [6.45, 7) is 2.65. The Labute approximate surface area is 191 Å². The van der Waals surface area contributed by atoms with E-state index < -0.39 is 6.23 Å². The van der Waals surface area contributed by atoms with Gasteiger partial charge < -0.3 is 25.0 Å². The highest BCUT2D eigenvalue weighted by molar-refractivity contribution is 7.18. The van der Waals surface area contributed by atoms with Gasteiger partial charge in [0.1, 0.15) is 6.23 Å². The highest BCUT2D eigenvalue weighted by Gasteiger charge is 2.20. The number of amides is 2. The van der Waals surface area contributed by atoms with Crippen LogP contribution >= 0.6 is 22.9 Å². The molecule has 0 radical (unpaired) electrons. The number of hydrogen-bond donors (Lipinski definition) is 2. The molecule has 7 nitrogen and oxygen atoms in total. The largest absolute Gasteiger partial charge is 0.382 e. The van der Waals surface area contributed by atoms with Gasteiger partial charge in [0.25, 0.3) is 5.91 Å². The van der Waals surface area contributed by atoms with E-state index >= 15 is 0 Å². The lowest BCUT2D eigenvalue weighted by Crippen LogP contribution is -2.40. The van der Waals surface area contributed by atoms with Crippen LogP contribution in [0.3, 0.4) is 0 Å². The number of halogens is 1. The van der Waals surface area contributed by atoms with Crippen molar-refractivity contribution in [3.8, 4) is 0 Å². The van der Waals surface area contributed by atoms with Crippen molar-refractivity contribution in [1.82, 2.24) is 10.2 Å². The molecule has 2 heterocycles. The number of benzene rings is 1. The van der Waals surface area contributed by atoms with Gasteiger partial charge in [-0.2, -0.15) is 0 Å². The molecular weight excluding hydrogens is 438 g/mol. The van der Waals surface area contributed by atoms with Gasteiger partial charge in [-0.1, -0.05) is 17.7 Å². The van der Waals surface area contributed by atoms with Gasteiger partial charge in [0, 0.05) is 25.9 Å². The zero-order chi connectivity index (χ0) is 22.2. The van der Waals surface area contributed by atoms with Crippen molar-refractivity contribution < 1.29 is 19.1 Å². The first kappa shape index (κ1) is 23.7. The van der Waals surface area contributed by atoms with E-state index in [4.69, 9.17) is 21.1 Å². The average Bonchev–Trinajstić information content (AvgIpc) is 3.09. The minimum absolute atomic E-state index is 0.0195. The first-order valence-electron chi connectivity index (χ1n) is 10.2. The van der Waals surface area contributed by atoms with Crippen molar-refractivity contribution in [3.63, 3.8) is 0 Å². The fraction of sp³-hybridized carbons (Fsp3) is 0.455. The summed E-state index contributed by atoms with van der Waals surface area (Å²) in [6.07, 6.45) is 1.17. The van der Waals surface area contributed by atoms with Gasteiger partial charge >= 0.3 is 0 Å². The van der Waals surface area contributed by atoms with Crippen molar-refractivity contribution in [2.24, 2.45) is 0 Å². The topological polar surface area (TPSA) is 79.9 Å². The molecule has 0 fully saturated rings. The molecule has 2 aromatic rings. The molecule has 0 spiro atoms. The lowest BCUT2D eigenvalue weighted by molar-refractivity contribution is -0.119. The predicted molar refractivity (Wildman–Crippen MR) is 123 cm³/mol. The highest BCUT2D eigenvalue weighted by Crippen LogP contribution is 2.22. The van der Waals surface area contributed by atoms with Gasteiger partial charge in [-0.05, 0) is 55.3 Å². The molecule has 9 heteroatoms. The summed E-state index contributed by atoms with van der Waals surface area (Å²) in [6, 6.07) is 9.35. The third-order valence-corrected chi connectivity index (χ3v) is 6.31. The fourth-order valence-electron chi connectivity index (χ4n) is 3.37. The van der Waals surface area contributed by atoms with E-state index in [2.05, 4.69) is 28.6 Å². The molecule has 0 bridgehead atoms. The number of anilines is 1. The van der Waals surface area contributed by atoms with Crippen LogP contribution in [0, 0.1) is 0 Å². The predicted octanol–water partition coefficient (Wildman–Crippen LogP) is 3.18. The molecule has 1 atom stereocenters. The Morgan fingerprint density at radius 2 is 1.94 bits per heavy atom. The monoisotopic (exact) mass is 465 g/mol. The maximum Gasteiger partial charge on any atom is 0.263 e. The molecule has 0 saturated heterocycles. The van der Waals surface area contributed by atoms with Gasteiger partial charge in [-0.3, -0.25) is 9.59 Å². The average molecular weight is 466 g/mol. The quantitative estimate of drug-likeness (QED) is 0.439. The van der Waals surface area contributed by atoms with Crippen LogP contribution in [-0.2, 0) is 27.1 Å². The first-order valence-corrected chi connectivity index (χ1v) is 11.4. The van der Waals surface area contributed by atoms with Crippen LogP contribution in [0.25, 0.3) is 0 Å². The maximum atomic E-state index is 12.7. The molecule has 0 saturated carbocycles. The van der Waals surface area contributed by atoms with Crippen molar-refractivity contribution in [2.75, 3.05) is 45.8 Å². The van der Waals surface area contributed by atoms with E-state index in [0.29, 0.717) is 15.8 Å². The lowest BCUT2D eigenvalue weighted by atomic mass is 10.0. The Bertz CT molecular complexity index is 905. The van der Waals surface area contributed by atoms with Crippen molar-refractivity contribution in [2.45, 2.75) is 25.5 Å². The number of carbonyl (C=O) groups excluding carboxylic acids is 2. The van der Waals surface area contributed by atoms with E-state index in [0.717, 1.165) is 31.6 Å². The molecule has 168 valence electrons. The summed E-state index contributed by atoms with van der Waals surface area (Å²) in [4.78, 5) is 27.9. The summed E-state index contributed by atoms with van der Waals surface area (Å²) in [5, 5.41) is 5.68. The van der Waals surface area contributed by atoms with Gasteiger partial charge in [0.05, 0.1) is 28.8 Å². The van der Waals surface area contributed by atoms with Crippen LogP contribution in [0.15, 0.2) is 30.3 Å². The molecule has 1 aromatic carbocycles. The minimum atomic E-state index is -0.780. The normalized spacial score (nSPS) is 15.1. The van der Waals surface area contributed by atoms with Crippen molar-refractivity contribution in [1.29, 1.82) is 0 Å². The van der Waals surface area contributed by atoms with E-state index in [9.17, 15) is 9.59 Å². The number of rotatable bonds is 9. The molecule has 1 aliphatic heterocycles. The number of likely N-dealkylation sites (N-methyl/N-ethyl adjacent to an activating group) is 1. The molecule has 2 N–H and O–H groups in total. The second-order valence-corrected chi connectivity index (χ2v) is 9.18. The number of methoxy groups -OCH3 is 1. The number of fused-ring (bicyclic) bond motifs is 1. The Morgan fingerprint density at radius 1 is 1.16 bits per heavy atom. The van der Waals surface area contributed by atoms with Crippen LogP contribution in [0.1, 0.15) is 27.2 Å². The molecule has 31 heavy (non-hydrogen) atoms. The van der Waals surface area contributed by atoms with Gasteiger partial charge in [0.15, 0.2) is 0 Å². The maximum absolute atomic E-state index is 12.7. The molecule has 1 aliphatic rings. The highest BCUT2D eigenvalue weighted by atomic mass is 35.5. The molecule has 1 aromatic heterocycles. The van der Waals surface area contributed by atoms with Crippen molar-refractivity contribution in [3.05, 3.63) is 50.7 Å². The smallest absolute Gasteiger partial charge is 0.263 e. The minimum Gasteiger partial charge on any atom is -0.382 e. The van der Waals surface area contributed by atoms with Crippen LogP contribution in [0.4, 0.5) is 5.69 Å². The Hall–Kier alpha value is -1.97. The van der Waals surface area contributed by atoms with Gasteiger partial charge in [-0.15, -0.1) is 11.3 Å². The number of thiophene rings is 1. The first-order chi connectivity index (χ1) is 14.9. The van der Waals surface area contributed by atoms with Crippen molar-refractivity contribution >= 4 is 40.4 Å². The summed E-state index contributed by atoms with van der Waals surface area (Å²) >= 11 is 7.08. The third kappa shape index (κ3) is 7.29. The van der Waals surface area contributed by atoms with E-state index in [1.54, 1.807) is 19.2 Å². The molecule has 3 rings (SSSR count). The number of carbonyl (C=O) groups is 2. The summed E-state index contributed by atoms with van der Waals surface area (Å²) < 4.78 is 11.2. The standard InChI is InChI=1S/C22H28ClN3O4S/c1-26-9-7-15-3-4-17(13-16(15)8-10-26)24-20(27)14-21(30-12-11-29-2)25-22(28)18-5-6-19(23)31-18/h3-6,13,21H,7-12,14H2,1-2H3,(H,24,27)(H,25,28). The number of nitrogens with zero attached hydrogens (tertiary/aromatic N) is 1.